The molecule has 0 fully saturated rings. The maximum atomic E-state index is 13.5. The predicted molar refractivity (Wildman–Crippen MR) is 74.5 cm³/mol. The second-order valence-electron chi connectivity index (χ2n) is 4.71. The molecule has 0 bridgehead atoms. The van der Waals surface area contributed by atoms with Crippen molar-refractivity contribution >= 4 is 0 Å². The molecule has 0 aliphatic heterocycles. The van der Waals surface area contributed by atoms with Gasteiger partial charge in [-0.3, -0.25) is 0 Å². The van der Waals surface area contributed by atoms with Gasteiger partial charge in [0, 0.05) is 17.2 Å². The molecule has 3 heteroatoms. The fourth-order valence-electron chi connectivity index (χ4n) is 1.93. The lowest BCUT2D eigenvalue weighted by Crippen LogP contribution is -2.08. The average molecular weight is 259 g/mol. The first-order chi connectivity index (χ1) is 9.08. The zero-order valence-corrected chi connectivity index (χ0v) is 11.2. The Morgan fingerprint density at radius 2 is 1.95 bits per heavy atom. The van der Waals surface area contributed by atoms with Gasteiger partial charge in [-0.1, -0.05) is 35.9 Å². The smallest absolute Gasteiger partial charge is 0.129 e. The van der Waals surface area contributed by atoms with E-state index < -0.39 is 0 Å². The summed E-state index contributed by atoms with van der Waals surface area (Å²) in [5, 5.41) is 0. The topological polar surface area (TPSA) is 35.2 Å². The van der Waals surface area contributed by atoms with Crippen molar-refractivity contribution in [3.63, 3.8) is 0 Å². The van der Waals surface area contributed by atoms with Gasteiger partial charge >= 0.3 is 0 Å². The molecule has 0 amide bonds. The lowest BCUT2D eigenvalue weighted by atomic mass is 10.1. The van der Waals surface area contributed by atoms with Crippen molar-refractivity contribution in [2.45, 2.75) is 26.5 Å². The second kappa shape index (κ2) is 5.85. The van der Waals surface area contributed by atoms with Crippen LogP contribution in [-0.4, -0.2) is 0 Å². The maximum Gasteiger partial charge on any atom is 0.129 e. The molecular weight excluding hydrogens is 241 g/mol. The highest BCUT2D eigenvalue weighted by atomic mass is 19.1. The molecule has 0 saturated carbocycles. The van der Waals surface area contributed by atoms with Crippen molar-refractivity contribution in [1.82, 2.24) is 0 Å². The number of rotatable bonds is 4. The largest absolute Gasteiger partial charge is 0.488 e. The molecule has 2 nitrogen and oxygen atoms in total. The Morgan fingerprint density at radius 1 is 1.21 bits per heavy atom. The van der Waals surface area contributed by atoms with E-state index in [2.05, 4.69) is 0 Å². The highest BCUT2D eigenvalue weighted by Crippen LogP contribution is 2.26. The van der Waals surface area contributed by atoms with E-state index in [0.29, 0.717) is 11.3 Å². The summed E-state index contributed by atoms with van der Waals surface area (Å²) in [6.45, 7) is 4.12. The van der Waals surface area contributed by atoms with Gasteiger partial charge in [-0.25, -0.2) is 4.39 Å². The molecule has 19 heavy (non-hydrogen) atoms. The van der Waals surface area contributed by atoms with E-state index in [4.69, 9.17) is 10.5 Å². The summed E-state index contributed by atoms with van der Waals surface area (Å²) in [7, 11) is 0. The van der Waals surface area contributed by atoms with Crippen LogP contribution in [0.5, 0.6) is 5.75 Å². The predicted octanol–water partition coefficient (Wildman–Crippen LogP) is 3.73. The summed E-state index contributed by atoms with van der Waals surface area (Å²) in [4.78, 5) is 0. The fourth-order valence-corrected chi connectivity index (χ4v) is 1.93. The minimum Gasteiger partial charge on any atom is -0.488 e. The van der Waals surface area contributed by atoms with Crippen LogP contribution in [0.25, 0.3) is 0 Å². The summed E-state index contributed by atoms with van der Waals surface area (Å²) in [6, 6.07) is 12.3. The van der Waals surface area contributed by atoms with Crippen LogP contribution in [0.4, 0.5) is 4.39 Å². The number of hydrogen-bond donors (Lipinski definition) is 1. The lowest BCUT2D eigenvalue weighted by Gasteiger charge is -2.15. The number of ether oxygens (including phenoxy) is 1. The van der Waals surface area contributed by atoms with Crippen molar-refractivity contribution in [3.05, 3.63) is 65.0 Å². The third-order valence-electron chi connectivity index (χ3n) is 3.00. The normalized spacial score (nSPS) is 12.2. The van der Waals surface area contributed by atoms with Crippen molar-refractivity contribution in [1.29, 1.82) is 0 Å². The first-order valence-corrected chi connectivity index (χ1v) is 6.30. The zero-order valence-electron chi connectivity index (χ0n) is 11.2. The van der Waals surface area contributed by atoms with E-state index in [1.54, 1.807) is 18.2 Å². The van der Waals surface area contributed by atoms with Crippen molar-refractivity contribution in [2.75, 3.05) is 0 Å². The second-order valence-corrected chi connectivity index (χ2v) is 4.71. The molecule has 0 heterocycles. The number of nitrogens with two attached hydrogens (primary N) is 1. The van der Waals surface area contributed by atoms with Gasteiger partial charge in [0.25, 0.3) is 0 Å². The molecule has 2 aromatic carbocycles. The van der Waals surface area contributed by atoms with Crippen LogP contribution in [0, 0.1) is 12.7 Å². The molecule has 1 atom stereocenters. The van der Waals surface area contributed by atoms with Gasteiger partial charge < -0.3 is 10.5 Å². The zero-order chi connectivity index (χ0) is 13.8. The number of benzene rings is 2. The summed E-state index contributed by atoms with van der Waals surface area (Å²) >= 11 is 0. The van der Waals surface area contributed by atoms with Crippen LogP contribution in [0.15, 0.2) is 42.5 Å². The summed E-state index contributed by atoms with van der Waals surface area (Å²) in [6.07, 6.45) is 0. The van der Waals surface area contributed by atoms with Crippen LogP contribution in [0.1, 0.15) is 29.7 Å². The number of aryl methyl sites for hydroxylation is 1. The Balaban J connectivity index is 2.18. The van der Waals surface area contributed by atoms with Crippen LogP contribution in [-0.2, 0) is 6.61 Å². The number of halogens is 1. The van der Waals surface area contributed by atoms with Crippen molar-refractivity contribution in [3.8, 4) is 5.75 Å². The molecule has 0 aliphatic rings. The Hall–Kier alpha value is -1.87. The highest BCUT2D eigenvalue weighted by molar-refractivity contribution is 5.39. The Kier molecular flexibility index (Phi) is 4.17. The van der Waals surface area contributed by atoms with Gasteiger partial charge in [-0.15, -0.1) is 0 Å². The molecule has 0 radical (unpaired) electrons. The molecule has 100 valence electrons. The van der Waals surface area contributed by atoms with E-state index in [-0.39, 0.29) is 18.5 Å². The summed E-state index contributed by atoms with van der Waals surface area (Å²) in [5.41, 5.74) is 8.54. The Bertz CT molecular complexity index is 566. The standard InChI is InChI=1S/C16H18FNO/c1-11-7-8-16(14(9-11)12(2)18)19-10-13-5-3-4-6-15(13)17/h3-9,12H,10,18H2,1-2H3/t12-/m1/s1. The van der Waals surface area contributed by atoms with Crippen LogP contribution in [0.3, 0.4) is 0 Å². The number of hydrogen-bond acceptors (Lipinski definition) is 2. The van der Waals surface area contributed by atoms with E-state index in [1.807, 2.05) is 32.0 Å². The SMILES string of the molecule is Cc1ccc(OCc2ccccc2F)c([C@@H](C)N)c1. The minimum absolute atomic E-state index is 0.115. The highest BCUT2D eigenvalue weighted by Gasteiger charge is 2.09. The Labute approximate surface area is 113 Å². The minimum atomic E-state index is -0.253. The van der Waals surface area contributed by atoms with Gasteiger partial charge in [0.05, 0.1) is 0 Å². The van der Waals surface area contributed by atoms with Gasteiger partial charge in [-0.05, 0) is 26.0 Å². The Morgan fingerprint density at radius 3 is 2.63 bits per heavy atom. The molecule has 0 aromatic heterocycles. The molecule has 2 aromatic rings. The van der Waals surface area contributed by atoms with E-state index in [9.17, 15) is 4.39 Å². The first kappa shape index (κ1) is 13.6. The lowest BCUT2D eigenvalue weighted by molar-refractivity contribution is 0.295. The molecule has 0 unspecified atom stereocenters. The van der Waals surface area contributed by atoms with E-state index >= 15 is 0 Å². The first-order valence-electron chi connectivity index (χ1n) is 6.30. The fraction of sp³-hybridized carbons (Fsp3) is 0.250. The van der Waals surface area contributed by atoms with E-state index in [1.165, 1.54) is 6.07 Å². The van der Waals surface area contributed by atoms with E-state index in [0.717, 1.165) is 11.1 Å². The van der Waals surface area contributed by atoms with Crippen molar-refractivity contribution < 1.29 is 9.13 Å². The van der Waals surface area contributed by atoms with Crippen LogP contribution >= 0.6 is 0 Å². The van der Waals surface area contributed by atoms with Crippen molar-refractivity contribution in [2.24, 2.45) is 5.73 Å². The molecule has 2 rings (SSSR count). The maximum absolute atomic E-state index is 13.5. The third kappa shape index (κ3) is 3.32. The molecule has 0 saturated heterocycles. The van der Waals surface area contributed by atoms with Crippen LogP contribution < -0.4 is 10.5 Å². The monoisotopic (exact) mass is 259 g/mol. The quantitative estimate of drug-likeness (QED) is 0.908. The van der Waals surface area contributed by atoms with Crippen LogP contribution in [0.2, 0.25) is 0 Å². The molecule has 0 spiro atoms. The summed E-state index contributed by atoms with van der Waals surface area (Å²) in [5.74, 6) is 0.459. The van der Waals surface area contributed by atoms with Gasteiger partial charge in [0.2, 0.25) is 0 Å². The molecular formula is C16H18FNO. The van der Waals surface area contributed by atoms with Gasteiger partial charge in [0.1, 0.15) is 18.2 Å². The third-order valence-corrected chi connectivity index (χ3v) is 3.00. The molecule has 0 aliphatic carbocycles. The van der Waals surface area contributed by atoms with Gasteiger partial charge in [0.15, 0.2) is 0 Å². The van der Waals surface area contributed by atoms with Gasteiger partial charge in [-0.2, -0.15) is 0 Å². The summed E-state index contributed by atoms with van der Waals surface area (Å²) < 4.78 is 19.2. The average Bonchev–Trinajstić information content (AvgIpc) is 2.38. The molecule has 2 N–H and O–H groups in total.